The number of thiophene rings is 1. The van der Waals surface area contributed by atoms with Crippen LogP contribution in [0.5, 0.6) is 0 Å². The van der Waals surface area contributed by atoms with Crippen molar-refractivity contribution in [3.8, 4) is 0 Å². The van der Waals surface area contributed by atoms with Gasteiger partial charge in [-0.3, -0.25) is 13.9 Å². The molecule has 3 rings (SSSR count). The summed E-state index contributed by atoms with van der Waals surface area (Å²) in [6.07, 6.45) is 0.686. The van der Waals surface area contributed by atoms with Crippen LogP contribution in [0.15, 0.2) is 45.3 Å². The van der Waals surface area contributed by atoms with Gasteiger partial charge >= 0.3 is 5.69 Å². The van der Waals surface area contributed by atoms with Crippen LogP contribution in [0.25, 0.3) is 10.2 Å². The summed E-state index contributed by atoms with van der Waals surface area (Å²) < 4.78 is 17.1. The van der Waals surface area contributed by atoms with Crippen LogP contribution >= 0.6 is 11.3 Å². The molecule has 6 heteroatoms. The molecule has 0 amide bonds. The SMILES string of the molecule is CCCn1c(=O)c2sccc2n(Cc2ccccc2F)c1=O. The smallest absolute Gasteiger partial charge is 0.288 e. The van der Waals surface area contributed by atoms with E-state index in [0.29, 0.717) is 28.7 Å². The lowest BCUT2D eigenvalue weighted by molar-refractivity contribution is 0.564. The van der Waals surface area contributed by atoms with E-state index in [1.165, 1.54) is 26.5 Å². The Morgan fingerprint density at radius 2 is 1.91 bits per heavy atom. The summed E-state index contributed by atoms with van der Waals surface area (Å²) in [7, 11) is 0. The molecule has 114 valence electrons. The topological polar surface area (TPSA) is 44.0 Å². The molecule has 0 saturated heterocycles. The van der Waals surface area contributed by atoms with Crippen molar-refractivity contribution >= 4 is 21.6 Å². The summed E-state index contributed by atoms with van der Waals surface area (Å²) in [6, 6.07) is 8.10. The third-order valence-electron chi connectivity index (χ3n) is 3.57. The van der Waals surface area contributed by atoms with Crippen molar-refractivity contribution in [2.45, 2.75) is 26.4 Å². The minimum absolute atomic E-state index is 0.114. The highest BCUT2D eigenvalue weighted by molar-refractivity contribution is 7.17. The van der Waals surface area contributed by atoms with Gasteiger partial charge in [-0.2, -0.15) is 0 Å². The predicted molar refractivity (Wildman–Crippen MR) is 86.1 cm³/mol. The minimum Gasteiger partial charge on any atom is -0.288 e. The van der Waals surface area contributed by atoms with Crippen LogP contribution in [0, 0.1) is 5.82 Å². The fraction of sp³-hybridized carbons (Fsp3) is 0.250. The van der Waals surface area contributed by atoms with E-state index in [4.69, 9.17) is 0 Å². The number of hydrogen-bond donors (Lipinski definition) is 0. The summed E-state index contributed by atoms with van der Waals surface area (Å²) >= 11 is 1.30. The molecule has 0 aliphatic heterocycles. The third-order valence-corrected chi connectivity index (χ3v) is 4.46. The zero-order chi connectivity index (χ0) is 15.7. The Morgan fingerprint density at radius 3 is 2.64 bits per heavy atom. The number of halogens is 1. The zero-order valence-corrected chi connectivity index (χ0v) is 12.9. The number of hydrogen-bond acceptors (Lipinski definition) is 3. The summed E-state index contributed by atoms with van der Waals surface area (Å²) in [5.74, 6) is -0.356. The first kappa shape index (κ1) is 14.7. The predicted octanol–water partition coefficient (Wildman–Crippen LogP) is 2.82. The maximum atomic E-state index is 13.9. The van der Waals surface area contributed by atoms with Gasteiger partial charge in [0.1, 0.15) is 10.5 Å². The standard InChI is InChI=1S/C16H15FN2O2S/c1-2-8-18-15(20)14-13(7-9-22-14)19(16(18)21)10-11-5-3-4-6-12(11)17/h3-7,9H,2,8,10H2,1H3. The molecule has 1 aromatic carbocycles. The fourth-order valence-electron chi connectivity index (χ4n) is 2.50. The van der Waals surface area contributed by atoms with Gasteiger partial charge in [-0.15, -0.1) is 11.3 Å². The monoisotopic (exact) mass is 318 g/mol. The first-order valence-corrected chi connectivity index (χ1v) is 7.95. The first-order chi connectivity index (χ1) is 10.6. The normalized spacial score (nSPS) is 11.2. The maximum Gasteiger partial charge on any atom is 0.331 e. The molecule has 0 bridgehead atoms. The van der Waals surface area contributed by atoms with Crippen LogP contribution in [0.1, 0.15) is 18.9 Å². The number of benzene rings is 1. The molecule has 0 saturated carbocycles. The molecule has 22 heavy (non-hydrogen) atoms. The molecule has 2 aromatic heterocycles. The minimum atomic E-state index is -0.388. The van der Waals surface area contributed by atoms with Gasteiger partial charge in [-0.05, 0) is 23.9 Å². The lowest BCUT2D eigenvalue weighted by Gasteiger charge is -2.12. The lowest BCUT2D eigenvalue weighted by atomic mass is 10.2. The fourth-order valence-corrected chi connectivity index (χ4v) is 3.35. The number of aromatic nitrogens is 2. The van der Waals surface area contributed by atoms with E-state index >= 15 is 0 Å². The van der Waals surface area contributed by atoms with Gasteiger partial charge < -0.3 is 0 Å². The highest BCUT2D eigenvalue weighted by Gasteiger charge is 2.14. The van der Waals surface area contributed by atoms with E-state index in [2.05, 4.69) is 0 Å². The highest BCUT2D eigenvalue weighted by Crippen LogP contribution is 2.17. The van der Waals surface area contributed by atoms with Crippen LogP contribution in [-0.4, -0.2) is 9.13 Å². The van der Waals surface area contributed by atoms with Gasteiger partial charge in [-0.25, -0.2) is 9.18 Å². The molecule has 0 fully saturated rings. The van der Waals surface area contributed by atoms with Gasteiger partial charge in [0.15, 0.2) is 0 Å². The second kappa shape index (κ2) is 5.88. The van der Waals surface area contributed by atoms with Crippen LogP contribution in [0.2, 0.25) is 0 Å². The van der Waals surface area contributed by atoms with Gasteiger partial charge in [-0.1, -0.05) is 25.1 Å². The second-order valence-corrected chi connectivity index (χ2v) is 5.97. The molecule has 0 unspecified atom stereocenters. The molecular formula is C16H15FN2O2S. The molecule has 0 aliphatic rings. The van der Waals surface area contributed by atoms with Crippen molar-refractivity contribution in [1.29, 1.82) is 0 Å². The zero-order valence-electron chi connectivity index (χ0n) is 12.1. The molecule has 0 spiro atoms. The summed E-state index contributed by atoms with van der Waals surface area (Å²) in [4.78, 5) is 25.0. The average molecular weight is 318 g/mol. The Hall–Kier alpha value is -2.21. The van der Waals surface area contributed by atoms with Crippen LogP contribution in [0.4, 0.5) is 4.39 Å². The molecule has 0 radical (unpaired) electrons. The third kappa shape index (κ3) is 2.39. The van der Waals surface area contributed by atoms with Crippen LogP contribution in [0.3, 0.4) is 0 Å². The summed E-state index contributed by atoms with van der Waals surface area (Å²) in [5, 5.41) is 1.78. The van der Waals surface area contributed by atoms with Crippen molar-refractivity contribution in [3.05, 3.63) is 67.9 Å². The summed E-state index contributed by atoms with van der Waals surface area (Å²) in [6.45, 7) is 2.39. The Bertz CT molecular complexity index is 939. The summed E-state index contributed by atoms with van der Waals surface area (Å²) in [5.41, 5.74) is 0.344. The van der Waals surface area contributed by atoms with Crippen LogP contribution < -0.4 is 11.2 Å². The Labute approximate surface area is 130 Å². The van der Waals surface area contributed by atoms with E-state index in [9.17, 15) is 14.0 Å². The van der Waals surface area contributed by atoms with E-state index in [0.717, 1.165) is 0 Å². The average Bonchev–Trinajstić information content (AvgIpc) is 2.99. The Morgan fingerprint density at radius 1 is 1.14 bits per heavy atom. The van der Waals surface area contributed by atoms with Crippen LogP contribution in [-0.2, 0) is 13.1 Å². The van der Waals surface area contributed by atoms with Gasteiger partial charge in [0, 0.05) is 12.1 Å². The number of nitrogens with zero attached hydrogens (tertiary/aromatic N) is 2. The molecular weight excluding hydrogens is 303 g/mol. The van der Waals surface area contributed by atoms with Crippen molar-refractivity contribution in [1.82, 2.24) is 9.13 Å². The number of rotatable bonds is 4. The van der Waals surface area contributed by atoms with E-state index in [1.54, 1.807) is 29.6 Å². The molecule has 0 atom stereocenters. The lowest BCUT2D eigenvalue weighted by Crippen LogP contribution is -2.39. The molecule has 3 aromatic rings. The quantitative estimate of drug-likeness (QED) is 0.742. The maximum absolute atomic E-state index is 13.9. The van der Waals surface area contributed by atoms with Crippen molar-refractivity contribution in [2.75, 3.05) is 0 Å². The van der Waals surface area contributed by atoms with Crippen molar-refractivity contribution < 1.29 is 4.39 Å². The van der Waals surface area contributed by atoms with E-state index < -0.39 is 0 Å². The molecule has 4 nitrogen and oxygen atoms in total. The Balaban J connectivity index is 2.25. The highest BCUT2D eigenvalue weighted by atomic mass is 32.1. The largest absolute Gasteiger partial charge is 0.331 e. The van der Waals surface area contributed by atoms with E-state index in [-0.39, 0.29) is 23.6 Å². The second-order valence-electron chi connectivity index (χ2n) is 5.05. The van der Waals surface area contributed by atoms with Crippen molar-refractivity contribution in [3.63, 3.8) is 0 Å². The molecule has 2 heterocycles. The van der Waals surface area contributed by atoms with Gasteiger partial charge in [0.25, 0.3) is 5.56 Å². The Kier molecular flexibility index (Phi) is 3.94. The molecule has 0 aliphatic carbocycles. The number of fused-ring (bicyclic) bond motifs is 1. The molecule has 0 N–H and O–H groups in total. The first-order valence-electron chi connectivity index (χ1n) is 7.07. The van der Waals surface area contributed by atoms with Gasteiger partial charge in [0.05, 0.1) is 12.1 Å². The van der Waals surface area contributed by atoms with Gasteiger partial charge in [0.2, 0.25) is 0 Å². The van der Waals surface area contributed by atoms with Crippen molar-refractivity contribution in [2.24, 2.45) is 0 Å². The van der Waals surface area contributed by atoms with E-state index in [1.807, 2.05) is 6.92 Å².